The number of rotatable bonds is 5. The molecule has 4 heteroatoms. The zero-order valence-electron chi connectivity index (χ0n) is 13.4. The van der Waals surface area contributed by atoms with Crippen molar-refractivity contribution in [1.82, 2.24) is 4.98 Å². The second kappa shape index (κ2) is 6.90. The number of nitrogens with two attached hydrogens (primary N) is 1. The van der Waals surface area contributed by atoms with Crippen LogP contribution >= 0.6 is 11.3 Å². The van der Waals surface area contributed by atoms with Crippen molar-refractivity contribution in [2.24, 2.45) is 11.7 Å². The molecule has 0 bridgehead atoms. The minimum atomic E-state index is 0.461. The monoisotopic (exact) mass is 295 g/mol. The van der Waals surface area contributed by atoms with E-state index in [1.807, 2.05) is 0 Å². The number of anilines is 1. The first kappa shape index (κ1) is 15.8. The summed E-state index contributed by atoms with van der Waals surface area (Å²) >= 11 is 1.79. The second-order valence-electron chi connectivity index (χ2n) is 6.36. The Labute approximate surface area is 127 Å². The molecule has 20 heavy (non-hydrogen) atoms. The summed E-state index contributed by atoms with van der Waals surface area (Å²) in [5.74, 6) is 1.41. The topological polar surface area (TPSA) is 42.2 Å². The van der Waals surface area contributed by atoms with Crippen LogP contribution in [0.1, 0.15) is 69.4 Å². The Bertz CT molecular complexity index is 419. The van der Waals surface area contributed by atoms with Gasteiger partial charge in [0.2, 0.25) is 0 Å². The van der Waals surface area contributed by atoms with Gasteiger partial charge in [-0.1, -0.05) is 27.2 Å². The average molecular weight is 295 g/mol. The van der Waals surface area contributed by atoms with Gasteiger partial charge in [-0.25, -0.2) is 4.98 Å². The van der Waals surface area contributed by atoms with Crippen LogP contribution in [0, 0.1) is 5.92 Å². The first-order valence-corrected chi connectivity index (χ1v) is 8.80. The first-order valence-electron chi connectivity index (χ1n) is 7.99. The number of aromatic nitrogens is 1. The standard InChI is InChI=1S/C16H29N3S/c1-5-12-6-8-13(9-7-12)19(4)16-18-15(11(2)3)14(10-17)20-16/h11-13H,5-10,17H2,1-4H3. The lowest BCUT2D eigenvalue weighted by Crippen LogP contribution is -2.35. The molecular weight excluding hydrogens is 266 g/mol. The lowest BCUT2D eigenvalue weighted by atomic mass is 9.84. The lowest BCUT2D eigenvalue weighted by molar-refractivity contribution is 0.313. The van der Waals surface area contributed by atoms with E-state index in [2.05, 4.69) is 32.7 Å². The Morgan fingerprint density at radius 3 is 2.40 bits per heavy atom. The van der Waals surface area contributed by atoms with Crippen LogP contribution in [0.25, 0.3) is 0 Å². The average Bonchev–Trinajstić information content (AvgIpc) is 2.91. The molecule has 0 radical (unpaired) electrons. The fourth-order valence-electron chi connectivity index (χ4n) is 3.20. The molecule has 1 heterocycles. The minimum Gasteiger partial charge on any atom is -0.348 e. The maximum Gasteiger partial charge on any atom is 0.185 e. The summed E-state index contributed by atoms with van der Waals surface area (Å²) in [6.07, 6.45) is 6.70. The van der Waals surface area contributed by atoms with E-state index in [1.54, 1.807) is 11.3 Å². The van der Waals surface area contributed by atoms with Crippen LogP contribution in [0.15, 0.2) is 0 Å². The van der Waals surface area contributed by atoms with Gasteiger partial charge in [0.05, 0.1) is 5.69 Å². The predicted octanol–water partition coefficient (Wildman–Crippen LogP) is 4.13. The van der Waals surface area contributed by atoms with Gasteiger partial charge < -0.3 is 10.6 Å². The molecule has 2 rings (SSSR count). The highest BCUT2D eigenvalue weighted by molar-refractivity contribution is 7.15. The third-order valence-electron chi connectivity index (χ3n) is 4.69. The fraction of sp³-hybridized carbons (Fsp3) is 0.812. The van der Waals surface area contributed by atoms with E-state index in [4.69, 9.17) is 10.7 Å². The molecule has 1 fully saturated rings. The molecule has 1 aliphatic rings. The predicted molar refractivity (Wildman–Crippen MR) is 88.5 cm³/mol. The molecule has 1 saturated carbocycles. The van der Waals surface area contributed by atoms with Gasteiger partial charge in [0, 0.05) is 24.5 Å². The van der Waals surface area contributed by atoms with Crippen molar-refractivity contribution in [3.8, 4) is 0 Å². The Balaban J connectivity index is 2.07. The van der Waals surface area contributed by atoms with E-state index in [1.165, 1.54) is 42.7 Å². The van der Waals surface area contributed by atoms with Crippen LogP contribution in [0.5, 0.6) is 0 Å². The highest BCUT2D eigenvalue weighted by Crippen LogP contribution is 2.35. The van der Waals surface area contributed by atoms with Crippen molar-refractivity contribution >= 4 is 16.5 Å². The third kappa shape index (κ3) is 3.34. The summed E-state index contributed by atoms with van der Waals surface area (Å²) in [4.78, 5) is 8.52. The Kier molecular flexibility index (Phi) is 5.44. The van der Waals surface area contributed by atoms with E-state index >= 15 is 0 Å². The normalized spacial score (nSPS) is 23.3. The quantitative estimate of drug-likeness (QED) is 0.888. The molecule has 0 aromatic carbocycles. The number of nitrogens with zero attached hydrogens (tertiary/aromatic N) is 2. The van der Waals surface area contributed by atoms with Crippen molar-refractivity contribution in [3.05, 3.63) is 10.6 Å². The van der Waals surface area contributed by atoms with Gasteiger partial charge in [0.25, 0.3) is 0 Å². The van der Waals surface area contributed by atoms with E-state index in [0.717, 1.165) is 11.0 Å². The van der Waals surface area contributed by atoms with E-state index < -0.39 is 0 Å². The van der Waals surface area contributed by atoms with Crippen LogP contribution in [-0.4, -0.2) is 18.1 Å². The smallest absolute Gasteiger partial charge is 0.185 e. The van der Waals surface area contributed by atoms with Crippen molar-refractivity contribution in [1.29, 1.82) is 0 Å². The lowest BCUT2D eigenvalue weighted by Gasteiger charge is -2.34. The van der Waals surface area contributed by atoms with Gasteiger partial charge in [0.15, 0.2) is 5.13 Å². The number of hydrogen-bond acceptors (Lipinski definition) is 4. The summed E-state index contributed by atoms with van der Waals surface area (Å²) < 4.78 is 0. The maximum atomic E-state index is 5.87. The van der Waals surface area contributed by atoms with Gasteiger partial charge in [-0.15, -0.1) is 11.3 Å². The highest BCUT2D eigenvalue weighted by atomic mass is 32.1. The largest absolute Gasteiger partial charge is 0.348 e. The van der Waals surface area contributed by atoms with Crippen molar-refractivity contribution in [2.75, 3.05) is 11.9 Å². The first-order chi connectivity index (χ1) is 9.56. The van der Waals surface area contributed by atoms with Crippen molar-refractivity contribution < 1.29 is 0 Å². The minimum absolute atomic E-state index is 0.461. The number of thiazole rings is 1. The highest BCUT2D eigenvalue weighted by Gasteiger charge is 2.25. The molecule has 114 valence electrons. The Hall–Kier alpha value is -0.610. The molecule has 1 aromatic heterocycles. The summed E-state index contributed by atoms with van der Waals surface area (Å²) in [6, 6.07) is 0.662. The molecule has 0 atom stereocenters. The Morgan fingerprint density at radius 1 is 1.30 bits per heavy atom. The van der Waals surface area contributed by atoms with Crippen molar-refractivity contribution in [2.45, 2.75) is 71.4 Å². The summed E-state index contributed by atoms with van der Waals surface area (Å²) in [5, 5.41) is 1.16. The van der Waals surface area contributed by atoms with E-state index in [-0.39, 0.29) is 0 Å². The molecule has 0 amide bonds. The molecule has 0 unspecified atom stereocenters. The van der Waals surface area contributed by atoms with Gasteiger partial charge in [-0.3, -0.25) is 0 Å². The summed E-state index contributed by atoms with van der Waals surface area (Å²) in [5.41, 5.74) is 7.06. The van der Waals surface area contributed by atoms with Crippen LogP contribution in [0.3, 0.4) is 0 Å². The molecule has 0 aliphatic heterocycles. The van der Waals surface area contributed by atoms with Gasteiger partial charge in [0.1, 0.15) is 0 Å². The van der Waals surface area contributed by atoms with Gasteiger partial charge in [-0.05, 0) is 37.5 Å². The van der Waals surface area contributed by atoms with Gasteiger partial charge in [-0.2, -0.15) is 0 Å². The molecule has 1 aliphatic carbocycles. The van der Waals surface area contributed by atoms with Gasteiger partial charge >= 0.3 is 0 Å². The molecule has 2 N–H and O–H groups in total. The Morgan fingerprint density at radius 2 is 1.95 bits per heavy atom. The van der Waals surface area contributed by atoms with Crippen molar-refractivity contribution in [3.63, 3.8) is 0 Å². The molecule has 0 spiro atoms. The molecule has 1 aromatic rings. The van der Waals surface area contributed by atoms with Crippen LogP contribution < -0.4 is 10.6 Å². The summed E-state index contributed by atoms with van der Waals surface area (Å²) in [7, 11) is 2.21. The molecule has 0 saturated heterocycles. The maximum absolute atomic E-state index is 5.87. The second-order valence-corrected chi connectivity index (χ2v) is 7.42. The van der Waals surface area contributed by atoms with E-state index in [9.17, 15) is 0 Å². The fourth-order valence-corrected chi connectivity index (χ4v) is 4.32. The summed E-state index contributed by atoms with van der Waals surface area (Å²) in [6.45, 7) is 7.33. The molecular formula is C16H29N3S. The SMILES string of the molecule is CCC1CCC(N(C)c2nc(C(C)C)c(CN)s2)CC1. The van der Waals surface area contributed by atoms with Crippen LogP contribution in [-0.2, 0) is 6.54 Å². The molecule has 3 nitrogen and oxygen atoms in total. The third-order valence-corrected chi connectivity index (χ3v) is 5.88. The van der Waals surface area contributed by atoms with Crippen LogP contribution in [0.2, 0.25) is 0 Å². The zero-order valence-corrected chi connectivity index (χ0v) is 14.2. The van der Waals surface area contributed by atoms with Crippen LogP contribution in [0.4, 0.5) is 5.13 Å². The number of hydrogen-bond donors (Lipinski definition) is 1. The zero-order chi connectivity index (χ0) is 14.7. The van der Waals surface area contributed by atoms with E-state index in [0.29, 0.717) is 18.5 Å².